The first kappa shape index (κ1) is 20.2. The first-order chi connectivity index (χ1) is 14.7. The lowest BCUT2D eigenvalue weighted by Crippen LogP contribution is -2.32. The lowest BCUT2D eigenvalue weighted by molar-refractivity contribution is 0.192. The fourth-order valence-electron chi connectivity index (χ4n) is 3.83. The molecule has 2 aromatic heterocycles. The van der Waals surface area contributed by atoms with Gasteiger partial charge in [0.15, 0.2) is 11.5 Å². The molecule has 0 spiro atoms. The number of likely N-dealkylation sites (tertiary alicyclic amines) is 1. The Bertz CT molecular complexity index is 943. The van der Waals surface area contributed by atoms with Crippen molar-refractivity contribution in [2.75, 3.05) is 34.4 Å². The zero-order valence-electron chi connectivity index (χ0n) is 17.5. The van der Waals surface area contributed by atoms with Crippen LogP contribution in [0.15, 0.2) is 41.1 Å². The molecule has 0 unspecified atom stereocenters. The van der Waals surface area contributed by atoms with Gasteiger partial charge in [-0.2, -0.15) is 0 Å². The second kappa shape index (κ2) is 9.13. The Morgan fingerprint density at radius 1 is 1.03 bits per heavy atom. The summed E-state index contributed by atoms with van der Waals surface area (Å²) in [6.45, 7) is 2.71. The molecular weight excluding hydrogens is 384 g/mol. The number of piperidine rings is 1. The van der Waals surface area contributed by atoms with Crippen molar-refractivity contribution in [1.82, 2.24) is 20.1 Å². The van der Waals surface area contributed by atoms with E-state index in [1.165, 1.54) is 0 Å². The lowest BCUT2D eigenvalue weighted by Gasteiger charge is -2.30. The molecule has 1 saturated heterocycles. The summed E-state index contributed by atoms with van der Waals surface area (Å²) >= 11 is 0. The quantitative estimate of drug-likeness (QED) is 0.585. The molecule has 0 amide bonds. The van der Waals surface area contributed by atoms with Gasteiger partial charge in [-0.05, 0) is 55.8 Å². The Labute approximate surface area is 175 Å². The number of rotatable bonds is 7. The van der Waals surface area contributed by atoms with Gasteiger partial charge in [-0.25, -0.2) is 0 Å². The number of pyridine rings is 1. The van der Waals surface area contributed by atoms with Gasteiger partial charge in [0.2, 0.25) is 17.5 Å². The van der Waals surface area contributed by atoms with Crippen LogP contribution in [0.25, 0.3) is 11.5 Å². The van der Waals surface area contributed by atoms with Crippen molar-refractivity contribution in [2.45, 2.75) is 25.3 Å². The molecule has 0 radical (unpaired) electrons. The first-order valence-corrected chi connectivity index (χ1v) is 9.97. The van der Waals surface area contributed by atoms with E-state index >= 15 is 0 Å². The summed E-state index contributed by atoms with van der Waals surface area (Å²) in [6, 6.07) is 7.79. The predicted molar refractivity (Wildman–Crippen MR) is 111 cm³/mol. The predicted octanol–water partition coefficient (Wildman–Crippen LogP) is 3.54. The van der Waals surface area contributed by atoms with Crippen molar-refractivity contribution in [1.29, 1.82) is 0 Å². The van der Waals surface area contributed by atoms with E-state index in [1.54, 1.807) is 33.7 Å². The number of aromatic nitrogens is 3. The summed E-state index contributed by atoms with van der Waals surface area (Å²) in [5, 5.41) is 8.47. The number of benzene rings is 1. The zero-order chi connectivity index (χ0) is 20.9. The summed E-state index contributed by atoms with van der Waals surface area (Å²) in [7, 11) is 4.88. The van der Waals surface area contributed by atoms with Gasteiger partial charge < -0.3 is 18.6 Å². The highest BCUT2D eigenvalue weighted by Crippen LogP contribution is 2.39. The van der Waals surface area contributed by atoms with Crippen molar-refractivity contribution in [3.05, 3.63) is 48.1 Å². The van der Waals surface area contributed by atoms with Crippen LogP contribution >= 0.6 is 0 Å². The Morgan fingerprint density at radius 2 is 1.77 bits per heavy atom. The van der Waals surface area contributed by atoms with Crippen LogP contribution in [0, 0.1) is 0 Å². The smallest absolute Gasteiger partial charge is 0.249 e. The van der Waals surface area contributed by atoms with E-state index in [2.05, 4.69) is 20.1 Å². The number of ether oxygens (including phenoxy) is 3. The second-order valence-corrected chi connectivity index (χ2v) is 7.27. The molecule has 0 N–H and O–H groups in total. The van der Waals surface area contributed by atoms with Gasteiger partial charge in [-0.3, -0.25) is 9.88 Å². The average molecular weight is 410 g/mol. The Kier molecular flexibility index (Phi) is 6.13. The molecule has 30 heavy (non-hydrogen) atoms. The maximum absolute atomic E-state index is 5.92. The summed E-state index contributed by atoms with van der Waals surface area (Å²) in [4.78, 5) is 6.52. The van der Waals surface area contributed by atoms with E-state index in [4.69, 9.17) is 18.6 Å². The molecule has 158 valence electrons. The molecular formula is C22H26N4O4. The fraction of sp³-hybridized carbons (Fsp3) is 0.409. The van der Waals surface area contributed by atoms with Crippen LogP contribution in [0.4, 0.5) is 0 Å². The second-order valence-electron chi connectivity index (χ2n) is 7.27. The van der Waals surface area contributed by atoms with E-state index in [1.807, 2.05) is 24.3 Å². The summed E-state index contributed by atoms with van der Waals surface area (Å²) < 4.78 is 22.3. The minimum atomic E-state index is 0.277. The summed E-state index contributed by atoms with van der Waals surface area (Å²) in [6.07, 6.45) is 5.40. The third kappa shape index (κ3) is 4.23. The van der Waals surface area contributed by atoms with Gasteiger partial charge in [0.05, 0.1) is 26.9 Å². The molecule has 0 bridgehead atoms. The number of hydrogen-bond acceptors (Lipinski definition) is 8. The van der Waals surface area contributed by atoms with Crippen LogP contribution in [0.5, 0.6) is 17.2 Å². The monoisotopic (exact) mass is 410 g/mol. The average Bonchev–Trinajstić information content (AvgIpc) is 3.30. The molecule has 1 aromatic carbocycles. The van der Waals surface area contributed by atoms with Crippen LogP contribution in [0.3, 0.4) is 0 Å². The Morgan fingerprint density at radius 3 is 2.37 bits per heavy atom. The minimum Gasteiger partial charge on any atom is -0.493 e. The van der Waals surface area contributed by atoms with Gasteiger partial charge >= 0.3 is 0 Å². The topological polar surface area (TPSA) is 82.7 Å². The molecule has 0 atom stereocenters. The zero-order valence-corrected chi connectivity index (χ0v) is 17.5. The highest BCUT2D eigenvalue weighted by molar-refractivity contribution is 5.54. The molecule has 8 nitrogen and oxygen atoms in total. The maximum atomic E-state index is 5.92. The fourth-order valence-corrected chi connectivity index (χ4v) is 3.83. The highest BCUT2D eigenvalue weighted by Gasteiger charge is 2.26. The van der Waals surface area contributed by atoms with Crippen molar-refractivity contribution in [3.8, 4) is 28.7 Å². The minimum absolute atomic E-state index is 0.277. The van der Waals surface area contributed by atoms with E-state index in [0.717, 1.165) is 43.6 Å². The van der Waals surface area contributed by atoms with E-state index in [-0.39, 0.29) is 5.92 Å². The summed E-state index contributed by atoms with van der Waals surface area (Å²) in [5.41, 5.74) is 1.97. The standard InChI is InChI=1S/C22H26N4O4/c1-27-18-11-15(12-19(28-2)20(18)29-3)14-26-9-6-16(7-10-26)21-24-25-22(30-21)17-5-4-8-23-13-17/h4-5,8,11-13,16H,6-7,9-10,14H2,1-3H3. The Hall–Kier alpha value is -3.13. The van der Waals surface area contributed by atoms with Gasteiger partial charge in [0.25, 0.3) is 0 Å². The summed E-state index contributed by atoms with van der Waals surface area (Å²) in [5.74, 6) is 3.48. The van der Waals surface area contributed by atoms with Gasteiger partial charge in [0.1, 0.15) is 0 Å². The van der Waals surface area contributed by atoms with Crippen molar-refractivity contribution in [3.63, 3.8) is 0 Å². The molecule has 1 aliphatic rings. The van der Waals surface area contributed by atoms with Crippen LogP contribution in [-0.2, 0) is 6.54 Å². The number of hydrogen-bond donors (Lipinski definition) is 0. The third-order valence-corrected chi connectivity index (χ3v) is 5.42. The van der Waals surface area contributed by atoms with Crippen molar-refractivity contribution < 1.29 is 18.6 Å². The van der Waals surface area contributed by atoms with E-state index < -0.39 is 0 Å². The largest absolute Gasteiger partial charge is 0.493 e. The highest BCUT2D eigenvalue weighted by atomic mass is 16.5. The number of nitrogens with zero attached hydrogens (tertiary/aromatic N) is 4. The van der Waals surface area contributed by atoms with Gasteiger partial charge in [0, 0.05) is 24.9 Å². The Balaban J connectivity index is 1.39. The molecule has 3 aromatic rings. The number of methoxy groups -OCH3 is 3. The van der Waals surface area contributed by atoms with Crippen molar-refractivity contribution in [2.24, 2.45) is 0 Å². The van der Waals surface area contributed by atoms with Gasteiger partial charge in [-0.15, -0.1) is 10.2 Å². The van der Waals surface area contributed by atoms with E-state index in [0.29, 0.717) is 29.0 Å². The maximum Gasteiger partial charge on any atom is 0.249 e. The molecule has 3 heterocycles. The SMILES string of the molecule is COc1cc(CN2CCC(c3nnc(-c4cccnc4)o3)CC2)cc(OC)c1OC. The van der Waals surface area contributed by atoms with Gasteiger partial charge in [-0.1, -0.05) is 0 Å². The van der Waals surface area contributed by atoms with E-state index in [9.17, 15) is 0 Å². The van der Waals surface area contributed by atoms with Crippen LogP contribution in [0.2, 0.25) is 0 Å². The first-order valence-electron chi connectivity index (χ1n) is 9.97. The van der Waals surface area contributed by atoms with Crippen LogP contribution in [0.1, 0.15) is 30.2 Å². The molecule has 1 fully saturated rings. The molecule has 0 saturated carbocycles. The molecule has 8 heteroatoms. The lowest BCUT2D eigenvalue weighted by atomic mass is 9.96. The van der Waals surface area contributed by atoms with Crippen molar-refractivity contribution >= 4 is 0 Å². The molecule has 1 aliphatic heterocycles. The molecule has 0 aliphatic carbocycles. The van der Waals surface area contributed by atoms with Crippen LogP contribution < -0.4 is 14.2 Å². The van der Waals surface area contributed by atoms with Crippen LogP contribution in [-0.4, -0.2) is 54.5 Å². The third-order valence-electron chi connectivity index (χ3n) is 5.42. The normalized spacial score (nSPS) is 15.2. The molecule has 4 rings (SSSR count).